The quantitative estimate of drug-likeness (QED) is 0.270. The molecule has 0 radical (unpaired) electrons. The van der Waals surface area contributed by atoms with Gasteiger partial charge in [0.2, 0.25) is 5.88 Å². The van der Waals surface area contributed by atoms with Crippen LogP contribution in [0, 0.1) is 10.1 Å². The second-order valence-corrected chi connectivity index (χ2v) is 6.72. The van der Waals surface area contributed by atoms with Crippen LogP contribution < -0.4 is 0 Å². The molecule has 1 amide bonds. The number of carbonyl (C=O) groups is 1. The van der Waals surface area contributed by atoms with Gasteiger partial charge in [-0.15, -0.1) is 10.2 Å². The van der Waals surface area contributed by atoms with Gasteiger partial charge in [-0.2, -0.15) is 0 Å². The largest absolute Gasteiger partial charge is 0.507 e. The van der Waals surface area contributed by atoms with Gasteiger partial charge in [-0.05, 0) is 23.8 Å². The van der Waals surface area contributed by atoms with E-state index in [0.717, 1.165) is 5.56 Å². The summed E-state index contributed by atoms with van der Waals surface area (Å²) in [7, 11) is 0. The fourth-order valence-corrected chi connectivity index (χ4v) is 3.25. The van der Waals surface area contributed by atoms with Crippen LogP contribution in [-0.2, 0) is 6.54 Å². The van der Waals surface area contributed by atoms with Crippen molar-refractivity contribution < 1.29 is 19.9 Å². The molecule has 31 heavy (non-hydrogen) atoms. The Hall–Kier alpha value is -4.53. The summed E-state index contributed by atoms with van der Waals surface area (Å²) in [6.07, 6.45) is 0. The standard InChI is InChI=1S/C22H16N4O5/c27-19-9-5-4-8-16(19)21(28)24-23-20-17-12-15(26(30)31)10-11-18(17)25(22(20)29)13-14-6-2-1-3-7-14/h1-12,27,29H,13H2. The summed E-state index contributed by atoms with van der Waals surface area (Å²) in [5.41, 5.74) is 1.08. The molecule has 0 atom stereocenters. The van der Waals surface area contributed by atoms with E-state index in [0.29, 0.717) is 5.52 Å². The first-order valence-corrected chi connectivity index (χ1v) is 9.23. The Balaban J connectivity index is 1.82. The minimum absolute atomic E-state index is 0.0512. The van der Waals surface area contributed by atoms with Crippen molar-refractivity contribution >= 4 is 28.2 Å². The number of carbonyl (C=O) groups excluding carboxylic acids is 1. The number of benzene rings is 3. The molecule has 0 saturated carbocycles. The molecular weight excluding hydrogens is 400 g/mol. The van der Waals surface area contributed by atoms with Gasteiger partial charge in [-0.1, -0.05) is 42.5 Å². The lowest BCUT2D eigenvalue weighted by Gasteiger charge is -2.07. The van der Waals surface area contributed by atoms with Gasteiger partial charge in [-0.3, -0.25) is 14.9 Å². The number of fused-ring (bicyclic) bond motifs is 1. The number of nitrogens with zero attached hydrogens (tertiary/aromatic N) is 4. The smallest absolute Gasteiger partial charge is 0.299 e. The number of non-ortho nitro benzene ring substituents is 1. The van der Waals surface area contributed by atoms with Crippen molar-refractivity contribution in [2.75, 3.05) is 0 Å². The third-order valence-electron chi connectivity index (χ3n) is 4.76. The Kier molecular flexibility index (Phi) is 5.15. The number of azo groups is 1. The average Bonchev–Trinajstić information content (AvgIpc) is 3.03. The van der Waals surface area contributed by atoms with Gasteiger partial charge in [0.1, 0.15) is 5.75 Å². The molecule has 0 bridgehead atoms. The molecule has 0 saturated heterocycles. The van der Waals surface area contributed by atoms with Crippen LogP contribution in [0.4, 0.5) is 11.4 Å². The number of phenols is 1. The van der Waals surface area contributed by atoms with Gasteiger partial charge in [0.05, 0.1) is 22.5 Å². The van der Waals surface area contributed by atoms with Crippen molar-refractivity contribution in [3.05, 3.63) is 94.0 Å². The highest BCUT2D eigenvalue weighted by molar-refractivity contribution is 5.99. The van der Waals surface area contributed by atoms with E-state index in [1.807, 2.05) is 30.3 Å². The van der Waals surface area contributed by atoms with Gasteiger partial charge >= 0.3 is 0 Å². The maximum Gasteiger partial charge on any atom is 0.299 e. The van der Waals surface area contributed by atoms with E-state index in [1.165, 1.54) is 34.9 Å². The molecule has 9 heteroatoms. The molecular formula is C22H16N4O5. The van der Waals surface area contributed by atoms with Crippen LogP contribution in [0.2, 0.25) is 0 Å². The molecule has 1 aromatic heterocycles. The van der Waals surface area contributed by atoms with Crippen molar-refractivity contribution in [3.63, 3.8) is 0 Å². The van der Waals surface area contributed by atoms with Crippen LogP contribution in [0.5, 0.6) is 11.6 Å². The van der Waals surface area contributed by atoms with Crippen molar-refractivity contribution in [2.45, 2.75) is 6.54 Å². The Morgan fingerprint density at radius 2 is 1.71 bits per heavy atom. The van der Waals surface area contributed by atoms with E-state index in [4.69, 9.17) is 0 Å². The van der Waals surface area contributed by atoms with Crippen LogP contribution in [0.15, 0.2) is 83.0 Å². The molecule has 3 aromatic carbocycles. The number of hydrogen-bond donors (Lipinski definition) is 2. The minimum Gasteiger partial charge on any atom is -0.507 e. The van der Waals surface area contributed by atoms with Gasteiger partial charge < -0.3 is 14.8 Å². The van der Waals surface area contributed by atoms with E-state index in [9.17, 15) is 25.1 Å². The number of nitro benzene ring substituents is 1. The lowest BCUT2D eigenvalue weighted by atomic mass is 10.2. The predicted octanol–water partition coefficient (Wildman–Crippen LogP) is 4.93. The van der Waals surface area contributed by atoms with Crippen LogP contribution in [-0.4, -0.2) is 25.6 Å². The summed E-state index contributed by atoms with van der Waals surface area (Å²) in [5, 5.41) is 39.6. The van der Waals surface area contributed by atoms with E-state index in [2.05, 4.69) is 10.2 Å². The van der Waals surface area contributed by atoms with E-state index < -0.39 is 10.8 Å². The van der Waals surface area contributed by atoms with Crippen LogP contribution in [0.1, 0.15) is 15.9 Å². The Labute approximate surface area is 175 Å². The Morgan fingerprint density at radius 1 is 1.00 bits per heavy atom. The number of nitro groups is 1. The molecule has 1 heterocycles. The highest BCUT2D eigenvalue weighted by Crippen LogP contribution is 2.41. The summed E-state index contributed by atoms with van der Waals surface area (Å²) in [5.74, 6) is -1.35. The van der Waals surface area contributed by atoms with Gasteiger partial charge in [0.15, 0.2) is 5.69 Å². The molecule has 2 N–H and O–H groups in total. The number of hydrogen-bond acceptors (Lipinski definition) is 6. The average molecular weight is 416 g/mol. The maximum absolute atomic E-state index is 12.3. The van der Waals surface area contributed by atoms with Gasteiger partial charge in [0, 0.05) is 17.5 Å². The van der Waals surface area contributed by atoms with E-state index in [1.54, 1.807) is 12.1 Å². The zero-order valence-electron chi connectivity index (χ0n) is 16.0. The molecule has 0 aliphatic heterocycles. The van der Waals surface area contributed by atoms with Crippen LogP contribution >= 0.6 is 0 Å². The summed E-state index contributed by atoms with van der Waals surface area (Å²) in [6.45, 7) is 0.282. The van der Waals surface area contributed by atoms with Crippen molar-refractivity contribution in [2.24, 2.45) is 10.2 Å². The normalized spacial score (nSPS) is 11.2. The monoisotopic (exact) mass is 416 g/mol. The Morgan fingerprint density at radius 3 is 2.42 bits per heavy atom. The maximum atomic E-state index is 12.3. The number of aromatic nitrogens is 1. The molecule has 4 rings (SSSR count). The lowest BCUT2D eigenvalue weighted by molar-refractivity contribution is -0.384. The number of phenolic OH excluding ortho intramolecular Hbond substituents is 1. The number of amides is 1. The molecule has 0 fully saturated rings. The summed E-state index contributed by atoms with van der Waals surface area (Å²) < 4.78 is 1.53. The second kappa shape index (κ2) is 8.07. The van der Waals surface area contributed by atoms with Crippen molar-refractivity contribution in [3.8, 4) is 11.6 Å². The van der Waals surface area contributed by atoms with Crippen LogP contribution in [0.25, 0.3) is 10.9 Å². The zero-order valence-corrected chi connectivity index (χ0v) is 16.0. The summed E-state index contributed by atoms with van der Waals surface area (Å²) >= 11 is 0. The fraction of sp³-hybridized carbons (Fsp3) is 0.0455. The van der Waals surface area contributed by atoms with Gasteiger partial charge in [-0.25, -0.2) is 0 Å². The van der Waals surface area contributed by atoms with E-state index in [-0.39, 0.29) is 40.5 Å². The number of aromatic hydroxyl groups is 2. The molecule has 154 valence electrons. The minimum atomic E-state index is -0.813. The highest BCUT2D eigenvalue weighted by atomic mass is 16.6. The van der Waals surface area contributed by atoms with Crippen LogP contribution in [0.3, 0.4) is 0 Å². The Bertz CT molecular complexity index is 1330. The molecule has 0 aliphatic carbocycles. The first-order valence-electron chi connectivity index (χ1n) is 9.23. The SMILES string of the molecule is O=C(N=Nc1c(O)n(Cc2ccccc2)c2ccc([N+](=O)[O-])cc12)c1ccccc1O. The molecule has 9 nitrogen and oxygen atoms in total. The molecule has 4 aromatic rings. The number of para-hydroxylation sites is 1. The third kappa shape index (κ3) is 3.84. The van der Waals surface area contributed by atoms with E-state index >= 15 is 0 Å². The topological polar surface area (TPSA) is 130 Å². The zero-order chi connectivity index (χ0) is 22.0. The fourth-order valence-electron chi connectivity index (χ4n) is 3.25. The van der Waals surface area contributed by atoms with Crippen molar-refractivity contribution in [1.29, 1.82) is 0 Å². The third-order valence-corrected chi connectivity index (χ3v) is 4.76. The first-order chi connectivity index (χ1) is 15.0. The number of rotatable bonds is 5. The molecule has 0 spiro atoms. The summed E-state index contributed by atoms with van der Waals surface area (Å²) in [4.78, 5) is 23.0. The highest BCUT2D eigenvalue weighted by Gasteiger charge is 2.20. The predicted molar refractivity (Wildman–Crippen MR) is 113 cm³/mol. The molecule has 0 aliphatic rings. The second-order valence-electron chi connectivity index (χ2n) is 6.72. The van der Waals surface area contributed by atoms with Crippen molar-refractivity contribution in [1.82, 2.24) is 4.57 Å². The molecule has 0 unspecified atom stereocenters. The first kappa shape index (κ1) is 19.8. The summed E-state index contributed by atoms with van der Waals surface area (Å²) in [6, 6.07) is 19.3. The van der Waals surface area contributed by atoms with Gasteiger partial charge in [0.25, 0.3) is 11.6 Å². The lowest BCUT2D eigenvalue weighted by Crippen LogP contribution is -1.98.